The molecule has 4 atom stereocenters. The monoisotopic (exact) mass is 471 g/mol. The quantitative estimate of drug-likeness (QED) is 0.447. The molecule has 1 aromatic heterocycles. The van der Waals surface area contributed by atoms with E-state index >= 15 is 0 Å². The van der Waals surface area contributed by atoms with E-state index in [9.17, 15) is 19.5 Å². The van der Waals surface area contributed by atoms with Crippen molar-refractivity contribution in [3.05, 3.63) is 40.4 Å². The summed E-state index contributed by atoms with van der Waals surface area (Å²) in [6, 6.07) is 3.61. The number of carbonyl (C=O) groups is 3. The van der Waals surface area contributed by atoms with Crippen molar-refractivity contribution in [2.75, 3.05) is 13.7 Å². The van der Waals surface area contributed by atoms with Gasteiger partial charge >= 0.3 is 6.09 Å². The minimum atomic E-state index is -0.904. The molecule has 3 aliphatic rings. The molecule has 2 saturated heterocycles. The number of allylic oxidation sites excluding steroid dienone is 2. The third kappa shape index (κ3) is 4.36. The summed E-state index contributed by atoms with van der Waals surface area (Å²) in [5, 5.41) is 9.22. The molecule has 3 amide bonds. The number of fused-ring (bicyclic) bond motifs is 3. The highest BCUT2D eigenvalue weighted by Gasteiger charge is 2.58. The van der Waals surface area contributed by atoms with E-state index in [1.165, 1.54) is 18.3 Å². The van der Waals surface area contributed by atoms with Gasteiger partial charge in [0.25, 0.3) is 0 Å². The molecule has 0 unspecified atom stereocenters. The molecule has 2 fully saturated rings. The van der Waals surface area contributed by atoms with E-state index in [1.807, 2.05) is 12.1 Å². The van der Waals surface area contributed by atoms with E-state index in [2.05, 4.69) is 13.8 Å². The van der Waals surface area contributed by atoms with Crippen molar-refractivity contribution in [3.8, 4) is 0 Å². The van der Waals surface area contributed by atoms with E-state index in [-0.39, 0.29) is 18.6 Å². The number of methoxy groups -OCH3 is 1. The number of carbonyl (C=O) groups excluding carboxylic acids is 3. The van der Waals surface area contributed by atoms with Crippen molar-refractivity contribution in [3.63, 3.8) is 0 Å². The van der Waals surface area contributed by atoms with E-state index in [1.54, 1.807) is 6.07 Å². The number of hydrogen-bond donors (Lipinski definition) is 1. The molecule has 0 bridgehead atoms. The van der Waals surface area contributed by atoms with Crippen LogP contribution in [-0.2, 0) is 25.7 Å². The maximum absolute atomic E-state index is 13.1. The summed E-state index contributed by atoms with van der Waals surface area (Å²) in [5.74, 6) is -0.918. The van der Waals surface area contributed by atoms with Gasteiger partial charge < -0.3 is 19.0 Å². The maximum Gasteiger partial charge on any atom is 0.423 e. The van der Waals surface area contributed by atoms with Crippen LogP contribution in [0.3, 0.4) is 0 Å². The number of ether oxygens (including phenoxy) is 2. The van der Waals surface area contributed by atoms with Gasteiger partial charge in [0.1, 0.15) is 18.1 Å². The Morgan fingerprint density at radius 1 is 1.24 bits per heavy atom. The molecule has 2 aliphatic heterocycles. The summed E-state index contributed by atoms with van der Waals surface area (Å²) in [5.41, 5.74) is 3.57. The Labute approximate surface area is 199 Å². The second-order valence-corrected chi connectivity index (χ2v) is 9.21. The van der Waals surface area contributed by atoms with Crippen molar-refractivity contribution in [1.82, 2.24) is 4.90 Å². The largest absolute Gasteiger partial charge is 0.459 e. The molecule has 4 rings (SSSR count). The van der Waals surface area contributed by atoms with Gasteiger partial charge in [0.15, 0.2) is 0 Å². The van der Waals surface area contributed by atoms with Crippen LogP contribution in [0.25, 0.3) is 6.08 Å². The molecule has 34 heavy (non-hydrogen) atoms. The number of likely N-dealkylation sites (tertiary alicyclic amines) is 1. The SMILES string of the molecule is CCCC1=C2[C@@H](CC/C(=C/c3ccc(CO)o3)CC)OC[C@@H]2[C@@H]2C(=O)N(C(=O)OC)C(=O)[C@@H]2C1. The molecule has 8 heteroatoms. The van der Waals surface area contributed by atoms with Gasteiger partial charge in [0, 0.05) is 5.92 Å². The Morgan fingerprint density at radius 3 is 2.68 bits per heavy atom. The molecule has 1 aliphatic carbocycles. The molecule has 0 aromatic carbocycles. The van der Waals surface area contributed by atoms with E-state index in [4.69, 9.17) is 13.9 Å². The second kappa shape index (κ2) is 10.3. The Bertz CT molecular complexity index is 1020. The molecule has 1 N–H and O–H groups in total. The number of amides is 3. The summed E-state index contributed by atoms with van der Waals surface area (Å²) in [6.45, 7) is 4.45. The number of imide groups is 3. The minimum Gasteiger partial charge on any atom is -0.459 e. The van der Waals surface area contributed by atoms with Gasteiger partial charge in [-0.3, -0.25) is 9.59 Å². The van der Waals surface area contributed by atoms with Crippen LogP contribution in [0.5, 0.6) is 0 Å². The molecule has 0 spiro atoms. The Balaban J connectivity index is 1.55. The Morgan fingerprint density at radius 2 is 2.03 bits per heavy atom. The lowest BCUT2D eigenvalue weighted by Gasteiger charge is -2.31. The van der Waals surface area contributed by atoms with Crippen molar-refractivity contribution in [1.29, 1.82) is 0 Å². The number of furan rings is 1. The first kappa shape index (κ1) is 24.4. The lowest BCUT2D eigenvalue weighted by molar-refractivity contribution is -0.137. The highest BCUT2D eigenvalue weighted by atomic mass is 16.5. The van der Waals surface area contributed by atoms with Gasteiger partial charge in [0.05, 0.1) is 31.7 Å². The standard InChI is InChI=1S/C26H33NO7/c1-4-6-16-12-19-23(25(30)27(24(19)29)26(31)32-3)20-14-33-21(22(16)20)10-7-15(5-2)11-17-8-9-18(13-28)34-17/h8-9,11,19-21,23,28H,4-7,10,12-14H2,1-3H3/b15-11+/t19-,20+,21-,23-/m1/s1. The predicted molar refractivity (Wildman–Crippen MR) is 123 cm³/mol. The van der Waals surface area contributed by atoms with Crippen LogP contribution in [0, 0.1) is 17.8 Å². The number of nitrogens with zero attached hydrogens (tertiary/aromatic N) is 1. The van der Waals surface area contributed by atoms with Gasteiger partial charge in [-0.15, -0.1) is 0 Å². The molecule has 3 heterocycles. The normalized spacial score (nSPS) is 26.8. The summed E-state index contributed by atoms with van der Waals surface area (Å²) in [6.07, 6.45) is 5.71. The molecule has 0 radical (unpaired) electrons. The fourth-order valence-electron chi connectivity index (χ4n) is 5.71. The predicted octanol–water partition coefficient (Wildman–Crippen LogP) is 4.23. The van der Waals surface area contributed by atoms with Crippen LogP contribution in [0.2, 0.25) is 0 Å². The number of aliphatic hydroxyl groups excluding tert-OH is 1. The lowest BCUT2D eigenvalue weighted by Crippen LogP contribution is -2.38. The van der Waals surface area contributed by atoms with Crippen molar-refractivity contribution in [2.24, 2.45) is 17.8 Å². The van der Waals surface area contributed by atoms with Gasteiger partial charge in [-0.05, 0) is 55.9 Å². The van der Waals surface area contributed by atoms with Crippen LogP contribution in [0.4, 0.5) is 4.79 Å². The van der Waals surface area contributed by atoms with Gasteiger partial charge in [-0.25, -0.2) is 4.79 Å². The number of hydrogen-bond acceptors (Lipinski definition) is 7. The van der Waals surface area contributed by atoms with Crippen LogP contribution in [0.15, 0.2) is 33.3 Å². The third-order valence-corrected chi connectivity index (χ3v) is 7.28. The minimum absolute atomic E-state index is 0.109. The van der Waals surface area contributed by atoms with Crippen LogP contribution < -0.4 is 0 Å². The number of aliphatic hydroxyl groups is 1. The fourth-order valence-corrected chi connectivity index (χ4v) is 5.71. The van der Waals surface area contributed by atoms with E-state index in [0.29, 0.717) is 23.7 Å². The molecular weight excluding hydrogens is 438 g/mol. The average Bonchev–Trinajstić information content (AvgIpc) is 3.53. The topological polar surface area (TPSA) is 106 Å². The zero-order valence-electron chi connectivity index (χ0n) is 20.0. The summed E-state index contributed by atoms with van der Waals surface area (Å²) in [4.78, 5) is 38.8. The Kier molecular flexibility index (Phi) is 7.38. The summed E-state index contributed by atoms with van der Waals surface area (Å²) < 4.78 is 16.5. The molecule has 184 valence electrons. The zero-order chi connectivity index (χ0) is 24.4. The summed E-state index contributed by atoms with van der Waals surface area (Å²) in [7, 11) is 1.18. The molecule has 0 saturated carbocycles. The van der Waals surface area contributed by atoms with Crippen molar-refractivity contribution >= 4 is 24.0 Å². The highest BCUT2D eigenvalue weighted by molar-refractivity contribution is 6.16. The van der Waals surface area contributed by atoms with E-state index < -0.39 is 29.7 Å². The average molecular weight is 472 g/mol. The summed E-state index contributed by atoms with van der Waals surface area (Å²) >= 11 is 0. The first-order valence-corrected chi connectivity index (χ1v) is 12.1. The first-order valence-electron chi connectivity index (χ1n) is 12.1. The maximum atomic E-state index is 13.1. The van der Waals surface area contributed by atoms with Crippen LogP contribution in [-0.4, -0.2) is 47.7 Å². The molecule has 8 nitrogen and oxygen atoms in total. The van der Waals surface area contributed by atoms with Gasteiger partial charge in [0.2, 0.25) is 11.8 Å². The fraction of sp³-hybridized carbons (Fsp3) is 0.577. The molecular formula is C26H33NO7. The van der Waals surface area contributed by atoms with Gasteiger partial charge in [-0.2, -0.15) is 4.90 Å². The first-order chi connectivity index (χ1) is 16.4. The molecule has 1 aromatic rings. The third-order valence-electron chi connectivity index (χ3n) is 7.28. The smallest absolute Gasteiger partial charge is 0.423 e. The second-order valence-electron chi connectivity index (χ2n) is 9.21. The van der Waals surface area contributed by atoms with Crippen molar-refractivity contribution < 1.29 is 33.4 Å². The van der Waals surface area contributed by atoms with E-state index in [0.717, 1.165) is 43.4 Å². The van der Waals surface area contributed by atoms with Crippen molar-refractivity contribution in [2.45, 2.75) is 65.1 Å². The van der Waals surface area contributed by atoms with Crippen LogP contribution in [0.1, 0.15) is 63.9 Å². The lowest BCUT2D eigenvalue weighted by atomic mass is 9.68. The zero-order valence-corrected chi connectivity index (χ0v) is 20.0. The Hall–Kier alpha value is -2.71. The van der Waals surface area contributed by atoms with Crippen LogP contribution >= 0.6 is 0 Å². The number of rotatable bonds is 8. The van der Waals surface area contributed by atoms with Gasteiger partial charge in [-0.1, -0.05) is 31.4 Å². The highest BCUT2D eigenvalue weighted by Crippen LogP contribution is 2.50.